The maximum absolute atomic E-state index is 10.1. The van der Waals surface area contributed by atoms with Gasteiger partial charge >= 0.3 is 0 Å². The molecule has 4 nitrogen and oxygen atoms in total. The summed E-state index contributed by atoms with van der Waals surface area (Å²) in [6.45, 7) is 0. The van der Waals surface area contributed by atoms with Crippen molar-refractivity contribution in [1.82, 2.24) is 4.98 Å². The third-order valence-corrected chi connectivity index (χ3v) is 2.78. The normalized spacial score (nSPS) is 12.1. The Morgan fingerprint density at radius 1 is 1.28 bits per heavy atom. The molecular weight excluding hydrogens is 228 g/mol. The molecule has 1 aromatic carbocycles. The predicted molar refractivity (Wildman–Crippen MR) is 70.3 cm³/mol. The molecule has 0 radical (unpaired) electrons. The zero-order valence-corrected chi connectivity index (χ0v) is 10.2. The summed E-state index contributed by atoms with van der Waals surface area (Å²) in [4.78, 5) is 3.92. The molecule has 1 heterocycles. The van der Waals surface area contributed by atoms with Gasteiger partial charge in [-0.2, -0.15) is 0 Å². The van der Waals surface area contributed by atoms with Gasteiger partial charge in [0.25, 0.3) is 0 Å². The van der Waals surface area contributed by atoms with Gasteiger partial charge in [0, 0.05) is 12.6 Å². The highest BCUT2D eigenvalue weighted by atomic mass is 16.5. The highest BCUT2D eigenvalue weighted by Gasteiger charge is 2.09. The monoisotopic (exact) mass is 244 g/mol. The van der Waals surface area contributed by atoms with Crippen LogP contribution in [0.2, 0.25) is 0 Å². The number of methoxy groups -OCH3 is 1. The number of hydrogen-bond acceptors (Lipinski definition) is 4. The second kappa shape index (κ2) is 5.51. The molecule has 0 spiro atoms. The van der Waals surface area contributed by atoms with E-state index in [-0.39, 0.29) is 0 Å². The number of rotatable bonds is 4. The lowest BCUT2D eigenvalue weighted by Crippen LogP contribution is -2.02. The molecule has 0 fully saturated rings. The van der Waals surface area contributed by atoms with Crippen molar-refractivity contribution in [3.63, 3.8) is 0 Å². The lowest BCUT2D eigenvalue weighted by Gasteiger charge is -2.11. The second-order valence-corrected chi connectivity index (χ2v) is 4.08. The lowest BCUT2D eigenvalue weighted by atomic mass is 10.0. The standard InChI is InChI=1S/C14H16N2O2/c1-18-12-4-2-11(3-5-12)13(17)8-10-6-7-16-14(15)9-10/h2-7,9,13,17H,8H2,1H3,(H2,15,16). The third-order valence-electron chi connectivity index (χ3n) is 2.78. The largest absolute Gasteiger partial charge is 0.497 e. The Hall–Kier alpha value is -2.07. The predicted octanol–water partition coefficient (Wildman–Crippen LogP) is 1.95. The molecule has 0 saturated heterocycles. The second-order valence-electron chi connectivity index (χ2n) is 4.08. The van der Waals surface area contributed by atoms with Crippen LogP contribution in [-0.2, 0) is 6.42 Å². The molecule has 0 aliphatic carbocycles. The number of aliphatic hydroxyl groups excluding tert-OH is 1. The van der Waals surface area contributed by atoms with E-state index in [0.29, 0.717) is 12.2 Å². The van der Waals surface area contributed by atoms with Crippen LogP contribution < -0.4 is 10.5 Å². The Morgan fingerprint density at radius 2 is 2.00 bits per heavy atom. The Bertz CT molecular complexity index is 511. The molecule has 1 aromatic heterocycles. The number of ether oxygens (including phenoxy) is 1. The molecule has 1 atom stereocenters. The molecule has 0 aliphatic rings. The van der Waals surface area contributed by atoms with Crippen LogP contribution in [0, 0.1) is 0 Å². The van der Waals surface area contributed by atoms with E-state index < -0.39 is 6.10 Å². The Morgan fingerprint density at radius 3 is 2.61 bits per heavy atom. The topological polar surface area (TPSA) is 68.4 Å². The molecule has 2 rings (SSSR count). The summed E-state index contributed by atoms with van der Waals surface area (Å²) in [6.07, 6.45) is 1.60. The first-order chi connectivity index (χ1) is 8.69. The van der Waals surface area contributed by atoms with E-state index in [4.69, 9.17) is 10.5 Å². The van der Waals surface area contributed by atoms with Crippen LogP contribution in [0.15, 0.2) is 42.6 Å². The van der Waals surface area contributed by atoms with Crippen LogP contribution in [0.1, 0.15) is 17.2 Å². The fourth-order valence-electron chi connectivity index (χ4n) is 1.79. The van der Waals surface area contributed by atoms with Gasteiger partial charge < -0.3 is 15.6 Å². The molecule has 0 aliphatic heterocycles. The zero-order chi connectivity index (χ0) is 13.0. The number of aromatic nitrogens is 1. The summed E-state index contributed by atoms with van der Waals surface area (Å²) in [5.74, 6) is 1.24. The van der Waals surface area contributed by atoms with Crippen molar-refractivity contribution in [2.75, 3.05) is 12.8 Å². The number of nitrogens with two attached hydrogens (primary N) is 1. The fraction of sp³-hybridized carbons (Fsp3) is 0.214. The molecular formula is C14H16N2O2. The third kappa shape index (κ3) is 2.99. The molecule has 0 saturated carbocycles. The van der Waals surface area contributed by atoms with Gasteiger partial charge in [0.15, 0.2) is 0 Å². The Balaban J connectivity index is 2.09. The molecule has 0 bridgehead atoms. The number of hydrogen-bond donors (Lipinski definition) is 2. The van der Waals surface area contributed by atoms with Crippen molar-refractivity contribution in [2.24, 2.45) is 0 Å². The van der Waals surface area contributed by atoms with E-state index in [9.17, 15) is 5.11 Å². The molecule has 4 heteroatoms. The van der Waals surface area contributed by atoms with Gasteiger partial charge in [-0.25, -0.2) is 4.98 Å². The average molecular weight is 244 g/mol. The maximum atomic E-state index is 10.1. The van der Waals surface area contributed by atoms with Crippen LogP contribution in [0.5, 0.6) is 5.75 Å². The average Bonchev–Trinajstić information content (AvgIpc) is 2.39. The van der Waals surface area contributed by atoms with Crippen molar-refractivity contribution >= 4 is 5.82 Å². The van der Waals surface area contributed by atoms with Gasteiger partial charge in [-0.1, -0.05) is 12.1 Å². The van der Waals surface area contributed by atoms with Gasteiger partial charge in [-0.3, -0.25) is 0 Å². The van der Waals surface area contributed by atoms with Gasteiger partial charge in [-0.15, -0.1) is 0 Å². The lowest BCUT2D eigenvalue weighted by molar-refractivity contribution is 0.178. The zero-order valence-electron chi connectivity index (χ0n) is 10.2. The summed E-state index contributed by atoms with van der Waals surface area (Å²) in [5, 5.41) is 10.1. The summed E-state index contributed by atoms with van der Waals surface area (Å²) in [6, 6.07) is 11.0. The van der Waals surface area contributed by atoms with E-state index in [0.717, 1.165) is 16.9 Å². The summed E-state index contributed by atoms with van der Waals surface area (Å²) >= 11 is 0. The van der Waals surface area contributed by atoms with E-state index >= 15 is 0 Å². The van der Waals surface area contributed by atoms with Crippen LogP contribution in [0.4, 0.5) is 5.82 Å². The van der Waals surface area contributed by atoms with Crippen molar-refractivity contribution in [1.29, 1.82) is 0 Å². The number of nitrogens with zero attached hydrogens (tertiary/aromatic N) is 1. The molecule has 18 heavy (non-hydrogen) atoms. The highest BCUT2D eigenvalue weighted by molar-refractivity contribution is 5.34. The molecule has 2 aromatic rings. The molecule has 1 unspecified atom stereocenters. The van der Waals surface area contributed by atoms with Gasteiger partial charge in [0.05, 0.1) is 13.2 Å². The first-order valence-electron chi connectivity index (χ1n) is 5.71. The quantitative estimate of drug-likeness (QED) is 0.862. The number of nitrogen functional groups attached to an aromatic ring is 1. The van der Waals surface area contributed by atoms with Gasteiger partial charge in [0.2, 0.25) is 0 Å². The number of aliphatic hydroxyl groups is 1. The molecule has 0 amide bonds. The van der Waals surface area contributed by atoms with E-state index in [1.165, 1.54) is 0 Å². The SMILES string of the molecule is COc1ccc(C(O)Cc2ccnc(N)c2)cc1. The number of anilines is 1. The van der Waals surface area contributed by atoms with Gasteiger partial charge in [0.1, 0.15) is 11.6 Å². The summed E-state index contributed by atoms with van der Waals surface area (Å²) in [5.41, 5.74) is 7.42. The number of benzene rings is 1. The van der Waals surface area contributed by atoms with Crippen LogP contribution in [0.3, 0.4) is 0 Å². The van der Waals surface area contributed by atoms with Crippen LogP contribution >= 0.6 is 0 Å². The van der Waals surface area contributed by atoms with Crippen molar-refractivity contribution < 1.29 is 9.84 Å². The molecule has 94 valence electrons. The maximum Gasteiger partial charge on any atom is 0.123 e. The minimum atomic E-state index is -0.558. The van der Waals surface area contributed by atoms with Crippen molar-refractivity contribution in [2.45, 2.75) is 12.5 Å². The minimum Gasteiger partial charge on any atom is -0.497 e. The van der Waals surface area contributed by atoms with E-state index in [1.807, 2.05) is 30.3 Å². The van der Waals surface area contributed by atoms with Gasteiger partial charge in [-0.05, 0) is 35.4 Å². The van der Waals surface area contributed by atoms with E-state index in [2.05, 4.69) is 4.98 Å². The Kier molecular flexibility index (Phi) is 3.79. The summed E-state index contributed by atoms with van der Waals surface area (Å²) < 4.78 is 5.08. The highest BCUT2D eigenvalue weighted by Crippen LogP contribution is 2.21. The summed E-state index contributed by atoms with van der Waals surface area (Å²) in [7, 11) is 1.62. The molecule has 3 N–H and O–H groups in total. The van der Waals surface area contributed by atoms with Crippen molar-refractivity contribution in [3.8, 4) is 5.75 Å². The van der Waals surface area contributed by atoms with Crippen molar-refractivity contribution in [3.05, 3.63) is 53.7 Å². The fourth-order valence-corrected chi connectivity index (χ4v) is 1.79. The Labute approximate surface area is 106 Å². The van der Waals surface area contributed by atoms with E-state index in [1.54, 1.807) is 19.4 Å². The first kappa shape index (κ1) is 12.4. The smallest absolute Gasteiger partial charge is 0.123 e. The minimum absolute atomic E-state index is 0.467. The first-order valence-corrected chi connectivity index (χ1v) is 5.71. The van der Waals surface area contributed by atoms with Crippen LogP contribution in [0.25, 0.3) is 0 Å². The number of pyridine rings is 1. The van der Waals surface area contributed by atoms with Crippen LogP contribution in [-0.4, -0.2) is 17.2 Å².